The first-order chi connectivity index (χ1) is 9.99. The highest BCUT2D eigenvalue weighted by atomic mass is 16.6. The molecule has 5 atom stereocenters. The summed E-state index contributed by atoms with van der Waals surface area (Å²) in [4.78, 5) is 0. The van der Waals surface area contributed by atoms with Gasteiger partial charge in [-0.3, -0.25) is 0 Å². The number of aliphatic hydroxyl groups is 3. The molecule has 1 aliphatic heterocycles. The van der Waals surface area contributed by atoms with E-state index in [1.54, 1.807) is 6.92 Å². The maximum atomic E-state index is 10.1. The van der Waals surface area contributed by atoms with E-state index < -0.39 is 30.5 Å². The van der Waals surface area contributed by atoms with Crippen molar-refractivity contribution in [3.63, 3.8) is 0 Å². The van der Waals surface area contributed by atoms with Crippen LogP contribution in [-0.2, 0) is 4.74 Å². The molecule has 0 spiro atoms. The van der Waals surface area contributed by atoms with Crippen LogP contribution in [0.4, 0.5) is 0 Å². The number of hydrogen-bond donors (Lipinski definition) is 4. The van der Waals surface area contributed by atoms with Crippen LogP contribution in [0.25, 0.3) is 0 Å². The molecule has 0 aromatic rings. The van der Waals surface area contributed by atoms with Gasteiger partial charge < -0.3 is 25.4 Å². The smallest absolute Gasteiger partial charge is 0.182 e. The normalized spacial score (nSPS) is 32.4. The van der Waals surface area contributed by atoms with Crippen LogP contribution in [-0.4, -0.2) is 46.5 Å². The third kappa shape index (κ3) is 5.33. The second-order valence-electron chi connectivity index (χ2n) is 5.61. The number of hydrogen-bond acceptors (Lipinski definition) is 5. The highest BCUT2D eigenvalue weighted by Crippen LogP contribution is 2.27. The van der Waals surface area contributed by atoms with Crippen molar-refractivity contribution in [1.82, 2.24) is 5.32 Å². The van der Waals surface area contributed by atoms with Crippen LogP contribution in [0.1, 0.15) is 39.0 Å². The van der Waals surface area contributed by atoms with Crippen molar-refractivity contribution < 1.29 is 20.1 Å². The maximum absolute atomic E-state index is 10.1. The number of nitrogens with one attached hydrogen (secondary N) is 1. The molecule has 1 saturated heterocycles. The minimum absolute atomic E-state index is 0.471. The molecule has 1 rings (SSSR count). The first kappa shape index (κ1) is 18.0. The fraction of sp³-hybridized carbons (Fsp3) is 0.750. The first-order valence-corrected chi connectivity index (χ1v) is 7.54. The van der Waals surface area contributed by atoms with Gasteiger partial charge in [0.15, 0.2) is 6.29 Å². The lowest BCUT2D eigenvalue weighted by atomic mass is 9.89. The van der Waals surface area contributed by atoms with Crippen LogP contribution in [0.5, 0.6) is 0 Å². The SMILES string of the molecule is C#CCCCCCCNC(=C)C1OC(O)[C@H](O)[C@@H](C)[C@@H]1O. The summed E-state index contributed by atoms with van der Waals surface area (Å²) in [5, 5.41) is 32.4. The van der Waals surface area contributed by atoms with Gasteiger partial charge in [-0.05, 0) is 12.8 Å². The van der Waals surface area contributed by atoms with E-state index in [0.29, 0.717) is 5.70 Å². The predicted molar refractivity (Wildman–Crippen MR) is 81.1 cm³/mol. The van der Waals surface area contributed by atoms with Crippen molar-refractivity contribution in [3.8, 4) is 12.3 Å². The van der Waals surface area contributed by atoms with E-state index >= 15 is 0 Å². The fourth-order valence-corrected chi connectivity index (χ4v) is 2.39. The molecule has 21 heavy (non-hydrogen) atoms. The summed E-state index contributed by atoms with van der Waals surface area (Å²) in [6, 6.07) is 0. The lowest BCUT2D eigenvalue weighted by Crippen LogP contribution is -2.54. The Bertz CT molecular complexity index is 366. The number of rotatable bonds is 8. The molecule has 0 radical (unpaired) electrons. The van der Waals surface area contributed by atoms with E-state index in [1.807, 2.05) is 0 Å². The van der Waals surface area contributed by atoms with Gasteiger partial charge in [-0.1, -0.05) is 26.3 Å². The zero-order valence-electron chi connectivity index (χ0n) is 12.7. The summed E-state index contributed by atoms with van der Waals surface area (Å²) in [6.45, 7) is 6.26. The Kier molecular flexibility index (Phi) is 7.76. The summed E-state index contributed by atoms with van der Waals surface area (Å²) in [5.74, 6) is 2.15. The average Bonchev–Trinajstić information content (AvgIpc) is 2.47. The van der Waals surface area contributed by atoms with Gasteiger partial charge >= 0.3 is 0 Å². The van der Waals surface area contributed by atoms with Crippen LogP contribution in [0.2, 0.25) is 0 Å². The van der Waals surface area contributed by atoms with E-state index in [0.717, 1.165) is 38.6 Å². The summed E-state index contributed by atoms with van der Waals surface area (Å²) in [6.07, 6.45) is 6.23. The molecule has 1 heterocycles. The van der Waals surface area contributed by atoms with Gasteiger partial charge in [0.25, 0.3) is 0 Å². The average molecular weight is 297 g/mol. The second kappa shape index (κ2) is 9.06. The molecule has 2 unspecified atom stereocenters. The van der Waals surface area contributed by atoms with Crippen LogP contribution in [0.15, 0.2) is 12.3 Å². The molecule has 1 aliphatic rings. The van der Waals surface area contributed by atoms with Crippen molar-refractivity contribution in [2.75, 3.05) is 6.54 Å². The molecule has 0 aromatic carbocycles. The Morgan fingerprint density at radius 1 is 1.19 bits per heavy atom. The standard InChI is InChI=1S/C16H27NO4/c1-4-5-6-7-8-9-10-17-12(3)15-13(18)11(2)14(19)16(20)21-15/h1,11,13-20H,3,5-10H2,2H3/t11-,13-,14+,15?,16?/m0/s1. The molecule has 0 amide bonds. The van der Waals surface area contributed by atoms with Crippen molar-refractivity contribution >= 4 is 0 Å². The molecule has 4 N–H and O–H groups in total. The molecule has 120 valence electrons. The molecular weight excluding hydrogens is 270 g/mol. The molecule has 0 saturated carbocycles. The molecule has 1 fully saturated rings. The zero-order valence-corrected chi connectivity index (χ0v) is 12.7. The third-order valence-electron chi connectivity index (χ3n) is 3.91. The molecular formula is C16H27NO4. The first-order valence-electron chi connectivity index (χ1n) is 7.54. The number of ether oxygens (including phenoxy) is 1. The minimum Gasteiger partial charge on any atom is -0.390 e. The zero-order chi connectivity index (χ0) is 15.8. The van der Waals surface area contributed by atoms with Gasteiger partial charge in [-0.15, -0.1) is 12.3 Å². The minimum atomic E-state index is -1.30. The van der Waals surface area contributed by atoms with E-state index in [2.05, 4.69) is 17.8 Å². The Labute approximate surface area is 127 Å². The molecule has 0 aromatic heterocycles. The van der Waals surface area contributed by atoms with Crippen LogP contribution >= 0.6 is 0 Å². The van der Waals surface area contributed by atoms with E-state index in [-0.39, 0.29) is 0 Å². The summed E-state index contributed by atoms with van der Waals surface area (Å²) < 4.78 is 5.22. The number of terminal acetylenes is 1. The summed E-state index contributed by atoms with van der Waals surface area (Å²) >= 11 is 0. The number of aliphatic hydroxyl groups excluding tert-OH is 3. The number of unbranched alkanes of at least 4 members (excludes halogenated alkanes) is 4. The molecule has 0 aliphatic carbocycles. The highest BCUT2D eigenvalue weighted by Gasteiger charge is 2.42. The van der Waals surface area contributed by atoms with Crippen molar-refractivity contribution in [2.24, 2.45) is 5.92 Å². The Balaban J connectivity index is 2.27. The second-order valence-corrected chi connectivity index (χ2v) is 5.61. The van der Waals surface area contributed by atoms with Gasteiger partial charge in [0, 0.05) is 24.6 Å². The summed E-state index contributed by atoms with van der Waals surface area (Å²) in [7, 11) is 0. The van der Waals surface area contributed by atoms with Crippen LogP contribution in [0.3, 0.4) is 0 Å². The molecule has 0 bridgehead atoms. The predicted octanol–water partition coefficient (Wildman–Crippen LogP) is 0.748. The van der Waals surface area contributed by atoms with Gasteiger partial charge in [0.05, 0.1) is 6.10 Å². The maximum Gasteiger partial charge on any atom is 0.182 e. The van der Waals surface area contributed by atoms with Gasteiger partial charge in [-0.25, -0.2) is 0 Å². The largest absolute Gasteiger partial charge is 0.390 e. The molecule has 5 heteroatoms. The van der Waals surface area contributed by atoms with E-state index in [1.165, 1.54) is 0 Å². The Morgan fingerprint density at radius 2 is 1.86 bits per heavy atom. The van der Waals surface area contributed by atoms with E-state index in [4.69, 9.17) is 11.2 Å². The monoisotopic (exact) mass is 297 g/mol. The van der Waals surface area contributed by atoms with Crippen LogP contribution < -0.4 is 5.32 Å². The van der Waals surface area contributed by atoms with Crippen molar-refractivity contribution in [2.45, 2.75) is 63.6 Å². The Morgan fingerprint density at radius 3 is 2.52 bits per heavy atom. The highest BCUT2D eigenvalue weighted by molar-refractivity contribution is 5.07. The fourth-order valence-electron chi connectivity index (χ4n) is 2.39. The summed E-state index contributed by atoms with van der Waals surface area (Å²) in [5.41, 5.74) is 0.531. The molecule has 5 nitrogen and oxygen atoms in total. The van der Waals surface area contributed by atoms with E-state index in [9.17, 15) is 15.3 Å². The van der Waals surface area contributed by atoms with Gasteiger partial charge in [0.1, 0.15) is 12.2 Å². The Hall–Kier alpha value is -1.06. The van der Waals surface area contributed by atoms with Gasteiger partial charge in [0.2, 0.25) is 0 Å². The quantitative estimate of drug-likeness (QED) is 0.393. The lowest BCUT2D eigenvalue weighted by Gasteiger charge is -2.40. The third-order valence-corrected chi connectivity index (χ3v) is 3.91. The lowest BCUT2D eigenvalue weighted by molar-refractivity contribution is -0.257. The van der Waals surface area contributed by atoms with Crippen LogP contribution in [0, 0.1) is 18.3 Å². The topological polar surface area (TPSA) is 82.0 Å². The van der Waals surface area contributed by atoms with Crippen molar-refractivity contribution in [3.05, 3.63) is 12.3 Å². The van der Waals surface area contributed by atoms with Crippen molar-refractivity contribution in [1.29, 1.82) is 0 Å². The van der Waals surface area contributed by atoms with Gasteiger partial charge in [-0.2, -0.15) is 0 Å².